The molecule has 0 fully saturated rings. The van der Waals surface area contributed by atoms with Gasteiger partial charge in [-0.3, -0.25) is 4.79 Å². The minimum atomic E-state index is -0.477. The summed E-state index contributed by atoms with van der Waals surface area (Å²) in [5.41, 5.74) is 0. The van der Waals surface area contributed by atoms with Gasteiger partial charge in [0, 0.05) is 13.0 Å². The summed E-state index contributed by atoms with van der Waals surface area (Å²) < 4.78 is 0. The predicted octanol–water partition coefficient (Wildman–Crippen LogP) is 0.138. The highest BCUT2D eigenvalue weighted by Crippen LogP contribution is 2.19. The molecule has 0 rings (SSSR count). The van der Waals surface area contributed by atoms with Gasteiger partial charge in [0.15, 0.2) is 0 Å². The van der Waals surface area contributed by atoms with Crippen molar-refractivity contribution in [3.05, 3.63) is 0 Å². The van der Waals surface area contributed by atoms with Gasteiger partial charge in [-0.15, -0.1) is 0 Å². The van der Waals surface area contributed by atoms with Crippen LogP contribution in [-0.2, 0) is 4.79 Å². The van der Waals surface area contributed by atoms with Crippen molar-refractivity contribution >= 4 is 5.91 Å². The number of hydrogen-bond donors (Lipinski definition) is 3. The number of aliphatic hydroxyl groups excluding tert-OH is 2. The van der Waals surface area contributed by atoms with Gasteiger partial charge >= 0.3 is 0 Å². The summed E-state index contributed by atoms with van der Waals surface area (Å²) in [6.07, 6.45) is -0.162. The fourth-order valence-corrected chi connectivity index (χ4v) is 1.44. The van der Waals surface area contributed by atoms with Crippen LogP contribution < -0.4 is 5.32 Å². The summed E-state index contributed by atoms with van der Waals surface area (Å²) in [7, 11) is 0. The van der Waals surface area contributed by atoms with Gasteiger partial charge in [-0.25, -0.2) is 0 Å². The first-order valence-electron chi connectivity index (χ1n) is 5.04. The molecule has 0 heterocycles. The molecular weight excluding hydrogens is 182 g/mol. The molecule has 84 valence electrons. The SMILES string of the molecule is CC(C)C(CC(=O)NCCO)C(C)O. The highest BCUT2D eigenvalue weighted by Gasteiger charge is 2.21. The number of aliphatic hydroxyl groups is 2. The van der Waals surface area contributed by atoms with E-state index in [9.17, 15) is 9.90 Å². The Labute approximate surface area is 85.3 Å². The molecule has 0 saturated heterocycles. The van der Waals surface area contributed by atoms with Crippen molar-refractivity contribution in [2.24, 2.45) is 11.8 Å². The third-order valence-corrected chi connectivity index (χ3v) is 2.33. The van der Waals surface area contributed by atoms with Crippen LogP contribution in [-0.4, -0.2) is 35.4 Å². The quantitative estimate of drug-likeness (QED) is 0.575. The fraction of sp³-hybridized carbons (Fsp3) is 0.900. The Morgan fingerprint density at radius 2 is 1.93 bits per heavy atom. The molecule has 3 N–H and O–H groups in total. The molecule has 0 aliphatic carbocycles. The van der Waals surface area contributed by atoms with E-state index < -0.39 is 6.10 Å². The Kier molecular flexibility index (Phi) is 6.49. The van der Waals surface area contributed by atoms with E-state index in [1.165, 1.54) is 0 Å². The topological polar surface area (TPSA) is 69.6 Å². The van der Waals surface area contributed by atoms with Gasteiger partial charge in [0.25, 0.3) is 0 Å². The second-order valence-electron chi connectivity index (χ2n) is 3.93. The van der Waals surface area contributed by atoms with Crippen molar-refractivity contribution in [1.82, 2.24) is 5.32 Å². The van der Waals surface area contributed by atoms with Gasteiger partial charge in [-0.05, 0) is 18.8 Å². The molecule has 0 aromatic heterocycles. The lowest BCUT2D eigenvalue weighted by Crippen LogP contribution is -2.33. The van der Waals surface area contributed by atoms with Crippen LogP contribution in [0.1, 0.15) is 27.2 Å². The molecule has 0 bridgehead atoms. The van der Waals surface area contributed by atoms with Gasteiger partial charge < -0.3 is 15.5 Å². The highest BCUT2D eigenvalue weighted by atomic mass is 16.3. The summed E-state index contributed by atoms with van der Waals surface area (Å²) in [4.78, 5) is 11.3. The first kappa shape index (κ1) is 13.4. The molecule has 0 aliphatic rings. The lowest BCUT2D eigenvalue weighted by molar-refractivity contribution is -0.123. The predicted molar refractivity (Wildman–Crippen MR) is 54.7 cm³/mol. The Balaban J connectivity index is 3.97. The molecule has 0 aliphatic heterocycles. The molecule has 2 unspecified atom stereocenters. The largest absolute Gasteiger partial charge is 0.395 e. The molecule has 14 heavy (non-hydrogen) atoms. The zero-order chi connectivity index (χ0) is 11.1. The Hall–Kier alpha value is -0.610. The van der Waals surface area contributed by atoms with Gasteiger partial charge in [0.1, 0.15) is 0 Å². The number of hydrogen-bond acceptors (Lipinski definition) is 3. The zero-order valence-corrected chi connectivity index (χ0v) is 9.16. The number of amides is 1. The van der Waals surface area contributed by atoms with Crippen LogP contribution >= 0.6 is 0 Å². The molecule has 2 atom stereocenters. The Bertz CT molecular complexity index is 161. The van der Waals surface area contributed by atoms with Crippen LogP contribution in [0.2, 0.25) is 0 Å². The molecule has 0 aromatic carbocycles. The number of carbonyl (C=O) groups is 1. The van der Waals surface area contributed by atoms with Crippen LogP contribution in [0.25, 0.3) is 0 Å². The van der Waals surface area contributed by atoms with Crippen LogP contribution in [0, 0.1) is 11.8 Å². The third kappa shape index (κ3) is 5.19. The maximum absolute atomic E-state index is 11.3. The summed E-state index contributed by atoms with van der Waals surface area (Å²) in [6.45, 7) is 5.90. The zero-order valence-electron chi connectivity index (χ0n) is 9.16. The monoisotopic (exact) mass is 203 g/mol. The lowest BCUT2D eigenvalue weighted by atomic mass is 9.88. The summed E-state index contributed by atoms with van der Waals surface area (Å²) in [5.74, 6) is 0.141. The summed E-state index contributed by atoms with van der Waals surface area (Å²) in [6, 6.07) is 0. The van der Waals surface area contributed by atoms with Crippen LogP contribution in [0.3, 0.4) is 0 Å². The number of nitrogens with one attached hydrogen (secondary N) is 1. The van der Waals surface area contributed by atoms with E-state index in [-0.39, 0.29) is 30.9 Å². The normalized spacial score (nSPS) is 15.3. The van der Waals surface area contributed by atoms with E-state index in [0.717, 1.165) is 0 Å². The van der Waals surface area contributed by atoms with E-state index in [1.807, 2.05) is 13.8 Å². The van der Waals surface area contributed by atoms with E-state index in [0.29, 0.717) is 6.42 Å². The minimum absolute atomic E-state index is 0.0197. The Morgan fingerprint density at radius 1 is 1.36 bits per heavy atom. The molecule has 1 amide bonds. The van der Waals surface area contributed by atoms with Crippen molar-refractivity contribution in [3.63, 3.8) is 0 Å². The highest BCUT2D eigenvalue weighted by molar-refractivity contribution is 5.76. The third-order valence-electron chi connectivity index (χ3n) is 2.33. The lowest BCUT2D eigenvalue weighted by Gasteiger charge is -2.22. The van der Waals surface area contributed by atoms with Gasteiger partial charge in [-0.2, -0.15) is 0 Å². The average Bonchev–Trinajstić information content (AvgIpc) is 2.09. The average molecular weight is 203 g/mol. The molecule has 0 aromatic rings. The first-order chi connectivity index (χ1) is 6.49. The Morgan fingerprint density at radius 3 is 2.29 bits per heavy atom. The molecule has 0 spiro atoms. The minimum Gasteiger partial charge on any atom is -0.395 e. The van der Waals surface area contributed by atoms with Crippen LogP contribution in [0.4, 0.5) is 0 Å². The van der Waals surface area contributed by atoms with E-state index >= 15 is 0 Å². The fourth-order valence-electron chi connectivity index (χ4n) is 1.44. The standard InChI is InChI=1S/C10H21NO3/c1-7(2)9(8(3)13)6-10(14)11-4-5-12/h7-9,12-13H,4-6H2,1-3H3,(H,11,14). The van der Waals surface area contributed by atoms with Gasteiger partial charge in [-0.1, -0.05) is 13.8 Å². The van der Waals surface area contributed by atoms with E-state index in [2.05, 4.69) is 5.32 Å². The second-order valence-corrected chi connectivity index (χ2v) is 3.93. The van der Waals surface area contributed by atoms with Crippen molar-refractivity contribution < 1.29 is 15.0 Å². The first-order valence-corrected chi connectivity index (χ1v) is 5.04. The summed E-state index contributed by atoms with van der Waals surface area (Å²) in [5, 5.41) is 20.5. The van der Waals surface area contributed by atoms with E-state index in [4.69, 9.17) is 5.11 Å². The maximum atomic E-state index is 11.3. The molecule has 0 saturated carbocycles. The molecular formula is C10H21NO3. The van der Waals surface area contributed by atoms with Crippen molar-refractivity contribution in [2.45, 2.75) is 33.3 Å². The second kappa shape index (κ2) is 6.79. The maximum Gasteiger partial charge on any atom is 0.220 e. The van der Waals surface area contributed by atoms with Crippen molar-refractivity contribution in [1.29, 1.82) is 0 Å². The smallest absolute Gasteiger partial charge is 0.220 e. The van der Waals surface area contributed by atoms with Gasteiger partial charge in [0.05, 0.1) is 12.7 Å². The number of carbonyl (C=O) groups excluding carboxylic acids is 1. The van der Waals surface area contributed by atoms with Crippen molar-refractivity contribution in [3.8, 4) is 0 Å². The molecule has 4 heteroatoms. The molecule has 0 radical (unpaired) electrons. The van der Waals surface area contributed by atoms with Crippen LogP contribution in [0.5, 0.6) is 0 Å². The van der Waals surface area contributed by atoms with Crippen LogP contribution in [0.15, 0.2) is 0 Å². The van der Waals surface area contributed by atoms with Gasteiger partial charge in [0.2, 0.25) is 5.91 Å². The number of rotatable bonds is 6. The summed E-state index contributed by atoms with van der Waals surface area (Å²) >= 11 is 0. The van der Waals surface area contributed by atoms with Crippen molar-refractivity contribution in [2.75, 3.05) is 13.2 Å². The molecule has 4 nitrogen and oxygen atoms in total. The van der Waals surface area contributed by atoms with E-state index in [1.54, 1.807) is 6.92 Å².